The van der Waals surface area contributed by atoms with E-state index in [9.17, 15) is 4.79 Å². The summed E-state index contributed by atoms with van der Waals surface area (Å²) in [4.78, 5) is 14.8. The van der Waals surface area contributed by atoms with Crippen molar-refractivity contribution in [1.29, 1.82) is 0 Å². The van der Waals surface area contributed by atoms with Crippen molar-refractivity contribution in [1.82, 2.24) is 10.2 Å². The first-order valence-electron chi connectivity index (χ1n) is 9.41. The van der Waals surface area contributed by atoms with Gasteiger partial charge in [0.25, 0.3) is 5.91 Å². The van der Waals surface area contributed by atoms with Crippen LogP contribution in [0.25, 0.3) is 0 Å². The lowest BCUT2D eigenvalue weighted by Crippen LogP contribution is -2.35. The first-order valence-corrected chi connectivity index (χ1v) is 9.41. The molecule has 1 heterocycles. The number of carbonyl (C=O) groups is 1. The molecular weight excluding hydrogens is 324 g/mol. The van der Waals surface area contributed by atoms with Gasteiger partial charge in [0, 0.05) is 13.1 Å². The zero-order valence-corrected chi connectivity index (χ0v) is 15.7. The topological polar surface area (TPSA) is 41.6 Å². The average molecular weight is 352 g/mol. The van der Waals surface area contributed by atoms with Crippen LogP contribution >= 0.6 is 0 Å². The molecule has 3 rings (SSSR count). The van der Waals surface area contributed by atoms with Gasteiger partial charge in [-0.1, -0.05) is 36.4 Å². The van der Waals surface area contributed by atoms with Crippen LogP contribution < -0.4 is 10.1 Å². The van der Waals surface area contributed by atoms with E-state index in [4.69, 9.17) is 4.74 Å². The van der Waals surface area contributed by atoms with Gasteiger partial charge in [-0.2, -0.15) is 0 Å². The normalized spacial score (nSPS) is 15.6. The largest absolute Gasteiger partial charge is 0.481 e. The Morgan fingerprint density at radius 3 is 2.62 bits per heavy atom. The van der Waals surface area contributed by atoms with Gasteiger partial charge in [-0.25, -0.2) is 0 Å². The summed E-state index contributed by atoms with van der Waals surface area (Å²) < 4.78 is 5.74. The Morgan fingerprint density at radius 1 is 1.12 bits per heavy atom. The number of benzene rings is 2. The van der Waals surface area contributed by atoms with Crippen LogP contribution in [-0.4, -0.2) is 30.0 Å². The molecule has 0 radical (unpaired) electrons. The second-order valence-corrected chi connectivity index (χ2v) is 7.10. The molecule has 0 saturated carbocycles. The molecule has 0 aromatic heterocycles. The summed E-state index contributed by atoms with van der Waals surface area (Å²) in [7, 11) is 0. The minimum atomic E-state index is -0.524. The third kappa shape index (κ3) is 5.33. The maximum atomic E-state index is 12.3. The summed E-state index contributed by atoms with van der Waals surface area (Å²) >= 11 is 0. The first kappa shape index (κ1) is 18.5. The molecule has 4 nitrogen and oxygen atoms in total. The van der Waals surface area contributed by atoms with Crippen LogP contribution in [0.3, 0.4) is 0 Å². The second kappa shape index (κ2) is 8.86. The average Bonchev–Trinajstić information content (AvgIpc) is 3.13. The highest BCUT2D eigenvalue weighted by Gasteiger charge is 2.15. The number of carbonyl (C=O) groups excluding carboxylic acids is 1. The molecule has 26 heavy (non-hydrogen) atoms. The maximum Gasteiger partial charge on any atom is 0.261 e. The molecular formula is C22H28N2O2. The van der Waals surface area contributed by atoms with Gasteiger partial charge in [-0.15, -0.1) is 0 Å². The zero-order valence-electron chi connectivity index (χ0n) is 15.7. The van der Waals surface area contributed by atoms with Gasteiger partial charge < -0.3 is 10.1 Å². The Labute approximate surface area is 156 Å². The number of aryl methyl sites for hydroxylation is 1. The van der Waals surface area contributed by atoms with Crippen LogP contribution in [0.5, 0.6) is 5.75 Å². The van der Waals surface area contributed by atoms with Gasteiger partial charge in [-0.05, 0) is 68.6 Å². The lowest BCUT2D eigenvalue weighted by molar-refractivity contribution is -0.127. The fourth-order valence-corrected chi connectivity index (χ4v) is 3.32. The van der Waals surface area contributed by atoms with E-state index in [1.807, 2.05) is 31.2 Å². The second-order valence-electron chi connectivity index (χ2n) is 7.10. The Kier molecular flexibility index (Phi) is 6.29. The summed E-state index contributed by atoms with van der Waals surface area (Å²) in [6.45, 7) is 7.68. The molecule has 1 saturated heterocycles. The molecule has 2 aromatic carbocycles. The molecule has 1 fully saturated rings. The van der Waals surface area contributed by atoms with Crippen molar-refractivity contribution in [2.75, 3.05) is 13.1 Å². The fraction of sp³-hybridized carbons (Fsp3) is 0.409. The van der Waals surface area contributed by atoms with E-state index in [1.165, 1.54) is 31.5 Å². The number of nitrogens with one attached hydrogen (secondary N) is 1. The minimum Gasteiger partial charge on any atom is -0.481 e. The predicted octanol–water partition coefficient (Wildman–Crippen LogP) is 3.67. The van der Waals surface area contributed by atoms with Gasteiger partial charge in [0.15, 0.2) is 6.10 Å². The van der Waals surface area contributed by atoms with E-state index in [2.05, 4.69) is 34.5 Å². The Balaban J connectivity index is 1.50. The number of likely N-dealkylation sites (tertiary alicyclic amines) is 1. The van der Waals surface area contributed by atoms with Crippen LogP contribution in [0, 0.1) is 6.92 Å². The van der Waals surface area contributed by atoms with Crippen LogP contribution in [0.4, 0.5) is 0 Å². The Bertz CT molecular complexity index is 738. The monoisotopic (exact) mass is 352 g/mol. The van der Waals surface area contributed by atoms with Crippen LogP contribution in [-0.2, 0) is 17.9 Å². The SMILES string of the molecule is Cc1cccc(O[C@H](C)C(=O)NCc2cccc(CN3CCCC3)c2)c1. The molecule has 0 bridgehead atoms. The van der Waals surface area contributed by atoms with Gasteiger partial charge in [0.2, 0.25) is 0 Å². The maximum absolute atomic E-state index is 12.3. The van der Waals surface area contributed by atoms with Gasteiger partial charge in [0.1, 0.15) is 5.75 Å². The number of rotatable bonds is 7. The summed E-state index contributed by atoms with van der Waals surface area (Å²) in [5.41, 5.74) is 3.55. The number of amides is 1. The summed E-state index contributed by atoms with van der Waals surface area (Å²) in [5, 5.41) is 2.98. The Hall–Kier alpha value is -2.33. The van der Waals surface area contributed by atoms with Crippen molar-refractivity contribution in [3.05, 3.63) is 65.2 Å². The Morgan fingerprint density at radius 2 is 1.85 bits per heavy atom. The van der Waals surface area contributed by atoms with Gasteiger partial charge in [-0.3, -0.25) is 9.69 Å². The van der Waals surface area contributed by atoms with Crippen LogP contribution in [0.2, 0.25) is 0 Å². The molecule has 0 spiro atoms. The highest BCUT2D eigenvalue weighted by atomic mass is 16.5. The van der Waals surface area contributed by atoms with E-state index in [0.717, 1.165) is 23.4 Å². The molecule has 2 aromatic rings. The van der Waals surface area contributed by atoms with Crippen molar-refractivity contribution in [3.8, 4) is 5.75 Å². The number of ether oxygens (including phenoxy) is 1. The van der Waals surface area contributed by atoms with E-state index in [1.54, 1.807) is 6.92 Å². The molecule has 0 aliphatic carbocycles. The van der Waals surface area contributed by atoms with E-state index in [-0.39, 0.29) is 5.91 Å². The van der Waals surface area contributed by atoms with Crippen molar-refractivity contribution in [2.45, 2.75) is 45.9 Å². The van der Waals surface area contributed by atoms with Crippen molar-refractivity contribution in [2.24, 2.45) is 0 Å². The van der Waals surface area contributed by atoms with Gasteiger partial charge in [0.05, 0.1) is 0 Å². The highest BCUT2D eigenvalue weighted by Crippen LogP contribution is 2.15. The molecule has 1 amide bonds. The van der Waals surface area contributed by atoms with E-state index >= 15 is 0 Å². The molecule has 138 valence electrons. The molecule has 1 aliphatic heterocycles. The van der Waals surface area contributed by atoms with Gasteiger partial charge >= 0.3 is 0 Å². The molecule has 4 heteroatoms. The molecule has 1 aliphatic rings. The summed E-state index contributed by atoms with van der Waals surface area (Å²) in [6.07, 6.45) is 2.08. The molecule has 1 N–H and O–H groups in total. The quantitative estimate of drug-likeness (QED) is 0.827. The zero-order chi connectivity index (χ0) is 18.4. The first-order chi connectivity index (χ1) is 12.6. The van der Waals surface area contributed by atoms with Crippen LogP contribution in [0.15, 0.2) is 48.5 Å². The minimum absolute atomic E-state index is 0.101. The standard InChI is InChI=1S/C22H28N2O2/c1-17-7-5-10-21(13-17)26-18(2)22(25)23-15-19-8-6-9-20(14-19)16-24-11-3-4-12-24/h5-10,13-14,18H,3-4,11-12,15-16H2,1-2H3,(H,23,25)/t18-/m1/s1. The number of nitrogens with zero attached hydrogens (tertiary/aromatic N) is 1. The lowest BCUT2D eigenvalue weighted by atomic mass is 10.1. The van der Waals surface area contributed by atoms with Crippen molar-refractivity contribution in [3.63, 3.8) is 0 Å². The number of hydrogen-bond donors (Lipinski definition) is 1. The summed E-state index contributed by atoms with van der Waals surface area (Å²) in [5.74, 6) is 0.622. The van der Waals surface area contributed by atoms with Crippen LogP contribution in [0.1, 0.15) is 36.5 Å². The lowest BCUT2D eigenvalue weighted by Gasteiger charge is -2.16. The van der Waals surface area contributed by atoms with E-state index < -0.39 is 6.10 Å². The third-order valence-electron chi connectivity index (χ3n) is 4.73. The number of hydrogen-bond acceptors (Lipinski definition) is 3. The smallest absolute Gasteiger partial charge is 0.261 e. The highest BCUT2D eigenvalue weighted by molar-refractivity contribution is 5.80. The predicted molar refractivity (Wildman–Crippen MR) is 104 cm³/mol. The third-order valence-corrected chi connectivity index (χ3v) is 4.73. The fourth-order valence-electron chi connectivity index (χ4n) is 3.32. The molecule has 1 atom stereocenters. The molecule has 0 unspecified atom stereocenters. The van der Waals surface area contributed by atoms with Crippen molar-refractivity contribution >= 4 is 5.91 Å². The summed E-state index contributed by atoms with van der Waals surface area (Å²) in [6, 6.07) is 16.2. The van der Waals surface area contributed by atoms with Crippen molar-refractivity contribution < 1.29 is 9.53 Å². The van der Waals surface area contributed by atoms with E-state index in [0.29, 0.717) is 6.54 Å².